The summed E-state index contributed by atoms with van der Waals surface area (Å²) in [6, 6.07) is 8.89. The largest absolute Gasteiger partial charge is 0.416 e. The fourth-order valence-electron chi connectivity index (χ4n) is 1.86. The summed E-state index contributed by atoms with van der Waals surface area (Å²) in [5, 5.41) is -0.0156. The van der Waals surface area contributed by atoms with Gasteiger partial charge in [-0.2, -0.15) is 13.2 Å². The molecule has 0 saturated heterocycles. The van der Waals surface area contributed by atoms with E-state index in [4.69, 9.17) is 11.6 Å². The van der Waals surface area contributed by atoms with Crippen LogP contribution in [0.1, 0.15) is 11.1 Å². The Bertz CT molecular complexity index is 804. The van der Waals surface area contributed by atoms with E-state index in [2.05, 4.69) is 4.72 Å². The van der Waals surface area contributed by atoms with Gasteiger partial charge in [-0.15, -0.1) is 0 Å². The average Bonchev–Trinajstić information content (AvgIpc) is 2.39. The van der Waals surface area contributed by atoms with E-state index in [1.54, 1.807) is 6.07 Å². The zero-order valence-electron chi connectivity index (χ0n) is 11.3. The molecule has 0 aliphatic heterocycles. The number of benzene rings is 2. The van der Waals surface area contributed by atoms with E-state index < -0.39 is 21.8 Å². The second-order valence-electron chi connectivity index (χ2n) is 4.56. The molecule has 0 atom stereocenters. The van der Waals surface area contributed by atoms with E-state index in [1.807, 2.05) is 0 Å². The highest BCUT2D eigenvalue weighted by Gasteiger charge is 2.32. The summed E-state index contributed by atoms with van der Waals surface area (Å²) >= 11 is 5.80. The van der Waals surface area contributed by atoms with Crippen LogP contribution in [-0.4, -0.2) is 8.42 Å². The fourth-order valence-corrected chi connectivity index (χ4v) is 3.43. The van der Waals surface area contributed by atoms with Gasteiger partial charge in [0.2, 0.25) is 0 Å². The SMILES string of the molecule is Cc1ccc(NS(=O)(=O)c2ccccc2Cl)cc1C(F)(F)F. The minimum absolute atomic E-state index is 0.00758. The molecule has 0 bridgehead atoms. The Kier molecular flexibility index (Phi) is 4.39. The van der Waals surface area contributed by atoms with Crippen molar-refractivity contribution in [2.75, 3.05) is 4.72 Å². The van der Waals surface area contributed by atoms with E-state index in [9.17, 15) is 21.6 Å². The van der Waals surface area contributed by atoms with Crippen LogP contribution in [0.2, 0.25) is 5.02 Å². The van der Waals surface area contributed by atoms with Crippen molar-refractivity contribution in [1.82, 2.24) is 0 Å². The molecule has 0 radical (unpaired) electrons. The van der Waals surface area contributed by atoms with Crippen molar-refractivity contribution in [3.63, 3.8) is 0 Å². The number of sulfonamides is 1. The second kappa shape index (κ2) is 5.81. The number of aryl methyl sites for hydroxylation is 1. The van der Waals surface area contributed by atoms with Gasteiger partial charge in [0, 0.05) is 5.69 Å². The van der Waals surface area contributed by atoms with Crippen molar-refractivity contribution in [3.8, 4) is 0 Å². The third-order valence-corrected chi connectivity index (χ3v) is 4.80. The van der Waals surface area contributed by atoms with Gasteiger partial charge in [-0.25, -0.2) is 8.42 Å². The molecule has 0 heterocycles. The Balaban J connectivity index is 2.41. The monoisotopic (exact) mass is 349 g/mol. The lowest BCUT2D eigenvalue weighted by atomic mass is 10.1. The van der Waals surface area contributed by atoms with Crippen molar-refractivity contribution >= 4 is 27.3 Å². The van der Waals surface area contributed by atoms with Gasteiger partial charge < -0.3 is 0 Å². The van der Waals surface area contributed by atoms with Gasteiger partial charge in [-0.05, 0) is 36.8 Å². The second-order valence-corrected chi connectivity index (χ2v) is 6.62. The molecule has 1 N–H and O–H groups in total. The maximum atomic E-state index is 12.9. The van der Waals surface area contributed by atoms with Crippen LogP contribution in [0, 0.1) is 6.92 Å². The zero-order chi connectivity index (χ0) is 16.5. The van der Waals surface area contributed by atoms with Gasteiger partial charge in [-0.3, -0.25) is 4.72 Å². The molecule has 0 saturated carbocycles. The summed E-state index contributed by atoms with van der Waals surface area (Å²) in [5.41, 5.74) is -1.07. The van der Waals surface area contributed by atoms with Crippen molar-refractivity contribution < 1.29 is 21.6 Å². The first-order valence-electron chi connectivity index (χ1n) is 6.06. The van der Waals surface area contributed by atoms with Gasteiger partial charge in [0.15, 0.2) is 0 Å². The summed E-state index contributed by atoms with van der Waals surface area (Å²) in [7, 11) is -4.07. The van der Waals surface area contributed by atoms with E-state index in [0.29, 0.717) is 0 Å². The van der Waals surface area contributed by atoms with Crippen molar-refractivity contribution in [2.24, 2.45) is 0 Å². The maximum absolute atomic E-state index is 12.9. The van der Waals surface area contributed by atoms with E-state index in [-0.39, 0.29) is 21.2 Å². The molecular formula is C14H11ClF3NO2S. The number of anilines is 1. The minimum atomic E-state index is -4.56. The summed E-state index contributed by atoms with van der Waals surface area (Å²) in [6.45, 7) is 1.30. The average molecular weight is 350 g/mol. The van der Waals surface area contributed by atoms with Gasteiger partial charge in [-0.1, -0.05) is 29.8 Å². The standard InChI is InChI=1S/C14H11ClF3NO2S/c1-9-6-7-10(8-11(9)14(16,17)18)19-22(20,21)13-5-3-2-4-12(13)15/h2-8,19H,1H3. The molecule has 0 fully saturated rings. The first kappa shape index (κ1) is 16.6. The predicted octanol–water partition coefficient (Wildman–Crippen LogP) is 4.47. The third kappa shape index (κ3) is 3.53. The van der Waals surface area contributed by atoms with E-state index in [1.165, 1.54) is 37.3 Å². The highest BCUT2D eigenvalue weighted by atomic mass is 35.5. The lowest BCUT2D eigenvalue weighted by molar-refractivity contribution is -0.138. The number of rotatable bonds is 3. The lowest BCUT2D eigenvalue weighted by Gasteiger charge is -2.14. The zero-order valence-corrected chi connectivity index (χ0v) is 12.9. The molecule has 0 amide bonds. The lowest BCUT2D eigenvalue weighted by Crippen LogP contribution is -2.15. The number of hydrogen-bond donors (Lipinski definition) is 1. The first-order valence-corrected chi connectivity index (χ1v) is 7.92. The van der Waals surface area contributed by atoms with Crippen LogP contribution >= 0.6 is 11.6 Å². The molecule has 0 spiro atoms. The van der Waals surface area contributed by atoms with Crippen LogP contribution < -0.4 is 4.72 Å². The molecule has 22 heavy (non-hydrogen) atoms. The molecular weight excluding hydrogens is 339 g/mol. The molecule has 118 valence electrons. The van der Waals surface area contributed by atoms with Crippen LogP contribution in [0.3, 0.4) is 0 Å². The number of halogens is 4. The Hall–Kier alpha value is -1.73. The minimum Gasteiger partial charge on any atom is -0.280 e. The van der Waals surface area contributed by atoms with E-state index >= 15 is 0 Å². The highest BCUT2D eigenvalue weighted by Crippen LogP contribution is 2.34. The topological polar surface area (TPSA) is 46.2 Å². The summed E-state index contributed by atoms with van der Waals surface area (Å²) < 4.78 is 65.0. The van der Waals surface area contributed by atoms with Gasteiger partial charge in [0.25, 0.3) is 10.0 Å². The predicted molar refractivity (Wildman–Crippen MR) is 78.4 cm³/mol. The quantitative estimate of drug-likeness (QED) is 0.888. The Morgan fingerprint density at radius 1 is 1.09 bits per heavy atom. The number of nitrogens with one attached hydrogen (secondary N) is 1. The normalized spacial score (nSPS) is 12.2. The van der Waals surface area contributed by atoms with Crippen molar-refractivity contribution in [3.05, 3.63) is 58.6 Å². The summed E-state index contributed by atoms with van der Waals surface area (Å²) in [5.74, 6) is 0. The van der Waals surface area contributed by atoms with Gasteiger partial charge in [0.05, 0.1) is 10.6 Å². The molecule has 0 aliphatic rings. The highest BCUT2D eigenvalue weighted by molar-refractivity contribution is 7.92. The van der Waals surface area contributed by atoms with Gasteiger partial charge >= 0.3 is 6.18 Å². The van der Waals surface area contributed by atoms with Crippen LogP contribution in [-0.2, 0) is 16.2 Å². The van der Waals surface area contributed by atoms with Crippen LogP contribution in [0.5, 0.6) is 0 Å². The number of hydrogen-bond acceptors (Lipinski definition) is 2. The Morgan fingerprint density at radius 3 is 2.32 bits per heavy atom. The maximum Gasteiger partial charge on any atom is 0.416 e. The Morgan fingerprint density at radius 2 is 1.73 bits per heavy atom. The van der Waals surface area contributed by atoms with Gasteiger partial charge in [0.1, 0.15) is 4.90 Å². The summed E-state index contributed by atoms with van der Waals surface area (Å²) in [6.07, 6.45) is -4.56. The van der Waals surface area contributed by atoms with Crippen LogP contribution in [0.4, 0.5) is 18.9 Å². The van der Waals surface area contributed by atoms with E-state index in [0.717, 1.165) is 6.07 Å². The molecule has 2 aromatic carbocycles. The van der Waals surface area contributed by atoms with Crippen LogP contribution in [0.25, 0.3) is 0 Å². The molecule has 0 unspecified atom stereocenters. The molecule has 3 nitrogen and oxygen atoms in total. The molecule has 2 aromatic rings. The molecule has 0 aromatic heterocycles. The van der Waals surface area contributed by atoms with Crippen LogP contribution in [0.15, 0.2) is 47.4 Å². The fraction of sp³-hybridized carbons (Fsp3) is 0.143. The smallest absolute Gasteiger partial charge is 0.280 e. The van der Waals surface area contributed by atoms with Crippen molar-refractivity contribution in [2.45, 2.75) is 18.0 Å². The van der Waals surface area contributed by atoms with Crippen molar-refractivity contribution in [1.29, 1.82) is 0 Å². The third-order valence-electron chi connectivity index (χ3n) is 2.92. The number of alkyl halides is 3. The molecule has 2 rings (SSSR count). The first-order chi connectivity index (χ1) is 10.1. The molecule has 0 aliphatic carbocycles. The Labute approximate surface area is 130 Å². The molecule has 8 heteroatoms. The summed E-state index contributed by atoms with van der Waals surface area (Å²) in [4.78, 5) is -0.203.